The van der Waals surface area contributed by atoms with Crippen LogP contribution in [0.2, 0.25) is 0 Å². The summed E-state index contributed by atoms with van der Waals surface area (Å²) in [6.45, 7) is 4.41. The molecule has 0 atom stereocenters. The van der Waals surface area contributed by atoms with Gasteiger partial charge in [0.15, 0.2) is 5.65 Å². The molecule has 0 radical (unpaired) electrons. The summed E-state index contributed by atoms with van der Waals surface area (Å²) in [5, 5.41) is 10.7. The highest BCUT2D eigenvalue weighted by molar-refractivity contribution is 5.94. The number of halogens is 1. The molecule has 0 saturated carbocycles. The van der Waals surface area contributed by atoms with Gasteiger partial charge in [0.05, 0.1) is 62.4 Å². The molecule has 0 bridgehead atoms. The lowest BCUT2D eigenvalue weighted by atomic mass is 10.1. The summed E-state index contributed by atoms with van der Waals surface area (Å²) < 4.78 is 3.21. The molecular formula is C22H22IN5. The Morgan fingerprint density at radius 1 is 1.00 bits per heavy atom. The molecule has 5 rings (SSSR count). The van der Waals surface area contributed by atoms with Gasteiger partial charge in [-0.1, -0.05) is 18.2 Å². The highest BCUT2D eigenvalue weighted by Crippen LogP contribution is 2.29. The maximum Gasteiger partial charge on any atom is 0.156 e. The topological polar surface area (TPSA) is 44.3 Å². The number of nitrogens with zero attached hydrogens (tertiary/aromatic N) is 5. The number of aromatic nitrogens is 2. The van der Waals surface area contributed by atoms with Crippen LogP contribution in [0.4, 0.5) is 5.69 Å². The van der Waals surface area contributed by atoms with Gasteiger partial charge < -0.3 is 33.4 Å². The Balaban J connectivity index is 0.00000192. The summed E-state index contributed by atoms with van der Waals surface area (Å²) in [5.74, 6) is 0. The molecule has 0 amide bonds. The third kappa shape index (κ3) is 2.99. The van der Waals surface area contributed by atoms with Crippen LogP contribution in [-0.4, -0.2) is 54.1 Å². The number of anilines is 1. The summed E-state index contributed by atoms with van der Waals surface area (Å²) >= 11 is 0. The van der Waals surface area contributed by atoms with E-state index in [9.17, 15) is 5.26 Å². The SMILES string of the molecule is C[N+]1(C)CCN(c2ccc3cc(C#N)c4nc5ccccc5n4c3c2)CC1.[I-]. The van der Waals surface area contributed by atoms with Crippen LogP contribution in [0.15, 0.2) is 48.5 Å². The number of para-hydroxylation sites is 2. The van der Waals surface area contributed by atoms with Crippen molar-refractivity contribution >= 4 is 33.3 Å². The highest BCUT2D eigenvalue weighted by Gasteiger charge is 2.24. The van der Waals surface area contributed by atoms with Crippen LogP contribution in [0.3, 0.4) is 0 Å². The zero-order chi connectivity index (χ0) is 18.6. The molecule has 0 N–H and O–H groups in total. The van der Waals surface area contributed by atoms with Gasteiger partial charge >= 0.3 is 0 Å². The molecule has 1 fully saturated rings. The summed E-state index contributed by atoms with van der Waals surface area (Å²) in [7, 11) is 4.59. The molecule has 4 aromatic rings. The van der Waals surface area contributed by atoms with E-state index in [4.69, 9.17) is 4.98 Å². The minimum Gasteiger partial charge on any atom is -1.00 e. The van der Waals surface area contributed by atoms with E-state index < -0.39 is 0 Å². The second-order valence-corrected chi connectivity index (χ2v) is 8.04. The van der Waals surface area contributed by atoms with Gasteiger partial charge in [-0.3, -0.25) is 4.40 Å². The van der Waals surface area contributed by atoms with Crippen LogP contribution in [0.5, 0.6) is 0 Å². The molecule has 1 aliphatic rings. The number of rotatable bonds is 1. The monoisotopic (exact) mass is 483 g/mol. The van der Waals surface area contributed by atoms with Gasteiger partial charge in [-0.25, -0.2) is 4.98 Å². The zero-order valence-corrected chi connectivity index (χ0v) is 18.2. The van der Waals surface area contributed by atoms with Crippen molar-refractivity contribution in [2.75, 3.05) is 45.2 Å². The molecule has 6 heteroatoms. The third-order valence-electron chi connectivity index (χ3n) is 5.79. The molecule has 5 nitrogen and oxygen atoms in total. The van der Waals surface area contributed by atoms with E-state index >= 15 is 0 Å². The number of benzene rings is 2. The molecule has 0 spiro atoms. The molecule has 1 saturated heterocycles. The quantitative estimate of drug-likeness (QED) is 0.291. The van der Waals surface area contributed by atoms with Crippen LogP contribution >= 0.6 is 0 Å². The maximum atomic E-state index is 9.61. The van der Waals surface area contributed by atoms with Gasteiger partial charge in [-0.15, -0.1) is 0 Å². The Hall–Kier alpha value is -2.37. The van der Waals surface area contributed by atoms with Crippen molar-refractivity contribution in [1.82, 2.24) is 9.38 Å². The van der Waals surface area contributed by atoms with Crippen molar-refractivity contribution in [1.29, 1.82) is 5.26 Å². The summed E-state index contributed by atoms with van der Waals surface area (Å²) in [6.07, 6.45) is 0. The van der Waals surface area contributed by atoms with E-state index in [1.54, 1.807) is 0 Å². The number of piperazine rings is 1. The number of quaternary nitrogens is 1. The first-order chi connectivity index (χ1) is 13.1. The predicted octanol–water partition coefficient (Wildman–Crippen LogP) is 0.413. The zero-order valence-electron chi connectivity index (χ0n) is 16.1. The first kappa shape index (κ1) is 19.0. The predicted molar refractivity (Wildman–Crippen MR) is 109 cm³/mol. The molecule has 3 heterocycles. The Labute approximate surface area is 181 Å². The van der Waals surface area contributed by atoms with Crippen LogP contribution in [-0.2, 0) is 0 Å². The van der Waals surface area contributed by atoms with E-state index in [0.717, 1.165) is 58.2 Å². The average Bonchev–Trinajstić information content (AvgIpc) is 3.07. The van der Waals surface area contributed by atoms with Crippen molar-refractivity contribution in [3.8, 4) is 6.07 Å². The van der Waals surface area contributed by atoms with E-state index in [-0.39, 0.29) is 24.0 Å². The third-order valence-corrected chi connectivity index (χ3v) is 5.79. The highest BCUT2D eigenvalue weighted by atomic mass is 127. The molecule has 28 heavy (non-hydrogen) atoms. The lowest BCUT2D eigenvalue weighted by Crippen LogP contribution is -3.00. The number of hydrogen-bond acceptors (Lipinski definition) is 3. The van der Waals surface area contributed by atoms with E-state index in [1.165, 1.54) is 5.69 Å². The molecule has 1 aliphatic heterocycles. The fraction of sp³-hybridized carbons (Fsp3) is 0.273. The minimum absolute atomic E-state index is 0. The Morgan fingerprint density at radius 2 is 1.75 bits per heavy atom. The fourth-order valence-corrected chi connectivity index (χ4v) is 4.06. The van der Waals surface area contributed by atoms with Crippen molar-refractivity contribution in [3.05, 3.63) is 54.1 Å². The van der Waals surface area contributed by atoms with Crippen LogP contribution < -0.4 is 28.9 Å². The van der Waals surface area contributed by atoms with Crippen LogP contribution in [0, 0.1) is 11.3 Å². The second kappa shape index (κ2) is 6.90. The average molecular weight is 483 g/mol. The maximum absolute atomic E-state index is 9.61. The molecule has 0 unspecified atom stereocenters. The number of nitriles is 1. The Kier molecular flexibility index (Phi) is 4.68. The fourth-order valence-electron chi connectivity index (χ4n) is 4.06. The standard InChI is InChI=1S/C22H22N5.HI/c1-27(2)11-9-25(10-12-27)18-8-7-16-13-17(15-23)22-24-19-5-3-4-6-20(19)26(22)21(16)14-18;/h3-8,13-14H,9-12H2,1-2H3;1H/q+1;/p-1. The Bertz CT molecular complexity index is 1220. The van der Waals surface area contributed by atoms with Gasteiger partial charge in [-0.05, 0) is 30.3 Å². The van der Waals surface area contributed by atoms with E-state index in [1.807, 2.05) is 24.3 Å². The van der Waals surface area contributed by atoms with Gasteiger partial charge in [0.1, 0.15) is 6.07 Å². The molecule has 142 valence electrons. The number of likely N-dealkylation sites (N-methyl/N-ethyl adjacent to an activating group) is 1. The molecule has 0 aliphatic carbocycles. The smallest absolute Gasteiger partial charge is 0.156 e. The molecule has 2 aromatic carbocycles. The van der Waals surface area contributed by atoms with Crippen molar-refractivity contribution in [2.24, 2.45) is 0 Å². The Morgan fingerprint density at radius 3 is 2.50 bits per heavy atom. The van der Waals surface area contributed by atoms with Crippen molar-refractivity contribution in [3.63, 3.8) is 0 Å². The van der Waals surface area contributed by atoms with E-state index in [0.29, 0.717) is 5.56 Å². The molecule has 2 aromatic heterocycles. The number of pyridine rings is 1. The van der Waals surface area contributed by atoms with Gasteiger partial charge in [0.25, 0.3) is 0 Å². The first-order valence-electron chi connectivity index (χ1n) is 9.37. The largest absolute Gasteiger partial charge is 1.00 e. The van der Waals surface area contributed by atoms with Gasteiger partial charge in [0, 0.05) is 11.1 Å². The minimum atomic E-state index is 0. The van der Waals surface area contributed by atoms with Crippen LogP contribution in [0.1, 0.15) is 5.56 Å². The summed E-state index contributed by atoms with van der Waals surface area (Å²) in [4.78, 5) is 7.19. The van der Waals surface area contributed by atoms with Crippen LogP contribution in [0.25, 0.3) is 27.6 Å². The normalized spacial score (nSPS) is 16.2. The second-order valence-electron chi connectivity index (χ2n) is 8.04. The number of imidazole rings is 1. The summed E-state index contributed by atoms with van der Waals surface area (Å²) in [5.41, 5.74) is 5.66. The van der Waals surface area contributed by atoms with Crippen molar-refractivity contribution in [2.45, 2.75) is 0 Å². The first-order valence-corrected chi connectivity index (χ1v) is 9.37. The number of fused-ring (bicyclic) bond motifs is 5. The number of hydrogen-bond donors (Lipinski definition) is 0. The van der Waals surface area contributed by atoms with Crippen molar-refractivity contribution < 1.29 is 28.5 Å². The van der Waals surface area contributed by atoms with Gasteiger partial charge in [0.2, 0.25) is 0 Å². The van der Waals surface area contributed by atoms with E-state index in [2.05, 4.69) is 53.7 Å². The lowest BCUT2D eigenvalue weighted by Gasteiger charge is -2.40. The molecular weight excluding hydrogens is 461 g/mol. The summed E-state index contributed by atoms with van der Waals surface area (Å²) in [6, 6.07) is 18.9. The lowest BCUT2D eigenvalue weighted by molar-refractivity contribution is -0.890. The van der Waals surface area contributed by atoms with Gasteiger partial charge in [-0.2, -0.15) is 5.26 Å².